The summed E-state index contributed by atoms with van der Waals surface area (Å²) >= 11 is 5.25. The number of aryl methyl sites for hydroxylation is 2. The van der Waals surface area contributed by atoms with E-state index < -0.39 is 0 Å². The Labute approximate surface area is 138 Å². The molecule has 5 heteroatoms. The van der Waals surface area contributed by atoms with Gasteiger partial charge in [-0.1, -0.05) is 24.3 Å². The molecular formula is C18H14N2O2S. The average molecular weight is 322 g/mol. The van der Waals surface area contributed by atoms with Crippen LogP contribution in [0.4, 0.5) is 5.69 Å². The Hall–Kier alpha value is -2.66. The van der Waals surface area contributed by atoms with Crippen molar-refractivity contribution in [2.75, 3.05) is 5.32 Å². The zero-order valence-electron chi connectivity index (χ0n) is 12.3. The first-order valence-electron chi connectivity index (χ1n) is 7.42. The molecular weight excluding hydrogens is 308 g/mol. The van der Waals surface area contributed by atoms with E-state index >= 15 is 0 Å². The van der Waals surface area contributed by atoms with Gasteiger partial charge in [0.1, 0.15) is 0 Å². The first kappa shape index (κ1) is 14.0. The second kappa shape index (κ2) is 5.52. The van der Waals surface area contributed by atoms with Crippen LogP contribution in [0.1, 0.15) is 21.7 Å². The monoisotopic (exact) mass is 322 g/mol. The van der Waals surface area contributed by atoms with Gasteiger partial charge in [0.2, 0.25) is 0 Å². The number of thiocarbonyl (C=S) groups is 1. The minimum absolute atomic E-state index is 0.231. The van der Waals surface area contributed by atoms with E-state index in [-0.39, 0.29) is 16.8 Å². The third kappa shape index (κ3) is 2.49. The van der Waals surface area contributed by atoms with Crippen LogP contribution in [0.3, 0.4) is 0 Å². The van der Waals surface area contributed by atoms with E-state index in [9.17, 15) is 4.79 Å². The summed E-state index contributed by atoms with van der Waals surface area (Å²) < 4.78 is 5.06. The van der Waals surface area contributed by atoms with Gasteiger partial charge in [0.15, 0.2) is 10.9 Å². The number of furan rings is 1. The summed E-state index contributed by atoms with van der Waals surface area (Å²) in [7, 11) is 0. The first-order chi connectivity index (χ1) is 11.2. The molecule has 0 fully saturated rings. The zero-order valence-corrected chi connectivity index (χ0v) is 13.1. The minimum Gasteiger partial charge on any atom is -0.459 e. The molecule has 0 saturated carbocycles. The van der Waals surface area contributed by atoms with Crippen molar-refractivity contribution in [3.8, 4) is 0 Å². The van der Waals surface area contributed by atoms with Gasteiger partial charge in [-0.25, -0.2) is 0 Å². The maximum atomic E-state index is 12.0. The van der Waals surface area contributed by atoms with Crippen LogP contribution in [0.15, 0.2) is 53.1 Å². The fraction of sp³-hybridized carbons (Fsp3) is 0.111. The molecule has 2 aromatic carbocycles. The van der Waals surface area contributed by atoms with Crippen LogP contribution in [0.25, 0.3) is 10.8 Å². The van der Waals surface area contributed by atoms with Gasteiger partial charge in [0.25, 0.3) is 5.91 Å². The van der Waals surface area contributed by atoms with Gasteiger partial charge in [0.05, 0.1) is 6.26 Å². The van der Waals surface area contributed by atoms with Gasteiger partial charge in [-0.2, -0.15) is 0 Å². The Morgan fingerprint density at radius 3 is 2.65 bits per heavy atom. The third-order valence-corrected chi connectivity index (χ3v) is 4.30. The summed E-state index contributed by atoms with van der Waals surface area (Å²) in [5.74, 6) is -0.131. The fourth-order valence-electron chi connectivity index (χ4n) is 3.08. The van der Waals surface area contributed by atoms with Crippen molar-refractivity contribution in [2.45, 2.75) is 12.8 Å². The number of nitrogens with one attached hydrogen (secondary N) is 2. The maximum Gasteiger partial charge on any atom is 0.293 e. The first-order valence-corrected chi connectivity index (χ1v) is 7.82. The molecule has 4 nitrogen and oxygen atoms in total. The molecule has 4 rings (SSSR count). The van der Waals surface area contributed by atoms with Crippen molar-refractivity contribution in [3.05, 3.63) is 65.6 Å². The highest BCUT2D eigenvalue weighted by Gasteiger charge is 2.17. The quantitative estimate of drug-likeness (QED) is 0.707. The SMILES string of the molecule is O=C(NC(=S)Nc1ccc2c3c(cccc13)CC2)c1ccco1. The summed E-state index contributed by atoms with van der Waals surface area (Å²) in [4.78, 5) is 12.0. The van der Waals surface area contributed by atoms with Crippen LogP contribution in [0.5, 0.6) is 0 Å². The van der Waals surface area contributed by atoms with Gasteiger partial charge < -0.3 is 9.73 Å². The maximum absolute atomic E-state index is 12.0. The Kier molecular flexibility index (Phi) is 3.35. The Morgan fingerprint density at radius 1 is 1.04 bits per heavy atom. The normalized spacial score (nSPS) is 12.3. The van der Waals surface area contributed by atoms with Crippen molar-refractivity contribution in [1.82, 2.24) is 5.32 Å². The molecule has 0 atom stereocenters. The Bertz CT molecular complexity index is 906. The molecule has 1 amide bonds. The lowest BCUT2D eigenvalue weighted by Crippen LogP contribution is -2.33. The number of carbonyl (C=O) groups excluding carboxylic acids is 1. The van der Waals surface area contributed by atoms with Gasteiger partial charge in [-0.15, -0.1) is 0 Å². The summed E-state index contributed by atoms with van der Waals surface area (Å²) in [6.07, 6.45) is 3.61. The van der Waals surface area contributed by atoms with E-state index in [4.69, 9.17) is 16.6 Å². The predicted octanol–water partition coefficient (Wildman–Crippen LogP) is 3.66. The lowest BCUT2D eigenvalue weighted by atomic mass is 10.0. The number of hydrogen-bond donors (Lipinski definition) is 2. The van der Waals surface area contributed by atoms with Crippen LogP contribution in [-0.4, -0.2) is 11.0 Å². The predicted molar refractivity (Wildman–Crippen MR) is 93.8 cm³/mol. The minimum atomic E-state index is -0.363. The van der Waals surface area contributed by atoms with Crippen molar-refractivity contribution < 1.29 is 9.21 Å². The lowest BCUT2D eigenvalue weighted by Gasteiger charge is -2.12. The second-order valence-electron chi connectivity index (χ2n) is 5.50. The Balaban J connectivity index is 1.59. The second-order valence-corrected chi connectivity index (χ2v) is 5.91. The molecule has 0 unspecified atom stereocenters. The van der Waals surface area contributed by atoms with Gasteiger partial charge in [0, 0.05) is 11.1 Å². The topological polar surface area (TPSA) is 54.3 Å². The van der Waals surface area contributed by atoms with Crippen LogP contribution in [0.2, 0.25) is 0 Å². The number of rotatable bonds is 2. The van der Waals surface area contributed by atoms with Gasteiger partial charge >= 0.3 is 0 Å². The van der Waals surface area contributed by atoms with E-state index in [1.165, 1.54) is 22.8 Å². The number of anilines is 1. The molecule has 0 spiro atoms. The van der Waals surface area contributed by atoms with Crippen molar-refractivity contribution in [1.29, 1.82) is 0 Å². The van der Waals surface area contributed by atoms with Crippen molar-refractivity contribution in [3.63, 3.8) is 0 Å². The fourth-order valence-corrected chi connectivity index (χ4v) is 3.28. The molecule has 1 heterocycles. The van der Waals surface area contributed by atoms with Gasteiger partial charge in [-0.05, 0) is 59.8 Å². The standard InChI is InChI=1S/C18H14N2O2S/c21-17(15-5-2-10-22-15)20-18(23)19-14-9-8-12-7-6-11-3-1-4-13(14)16(11)12/h1-5,8-10H,6-7H2,(H2,19,20,21,23). The number of benzene rings is 2. The van der Waals surface area contributed by atoms with Crippen LogP contribution in [0, 0.1) is 0 Å². The van der Waals surface area contributed by atoms with E-state index in [0.29, 0.717) is 0 Å². The summed E-state index contributed by atoms with van der Waals surface area (Å²) in [5, 5.41) is 8.44. The van der Waals surface area contributed by atoms with Gasteiger partial charge in [-0.3, -0.25) is 10.1 Å². The summed E-state index contributed by atoms with van der Waals surface area (Å²) in [5.41, 5.74) is 3.63. The molecule has 1 aromatic heterocycles. The molecule has 3 aromatic rings. The molecule has 23 heavy (non-hydrogen) atoms. The summed E-state index contributed by atoms with van der Waals surface area (Å²) in [6, 6.07) is 13.7. The van der Waals surface area contributed by atoms with Crippen molar-refractivity contribution >= 4 is 39.7 Å². The Morgan fingerprint density at radius 2 is 1.87 bits per heavy atom. The molecule has 0 saturated heterocycles. The molecule has 0 bridgehead atoms. The van der Waals surface area contributed by atoms with E-state index in [2.05, 4.69) is 34.9 Å². The molecule has 114 valence electrons. The van der Waals surface area contributed by atoms with Crippen molar-refractivity contribution in [2.24, 2.45) is 0 Å². The van der Waals surface area contributed by atoms with E-state index in [1.807, 2.05) is 6.07 Å². The average Bonchev–Trinajstić information content (AvgIpc) is 3.21. The number of hydrogen-bond acceptors (Lipinski definition) is 3. The smallest absolute Gasteiger partial charge is 0.293 e. The zero-order chi connectivity index (χ0) is 15.8. The largest absolute Gasteiger partial charge is 0.459 e. The molecule has 0 aliphatic heterocycles. The molecule has 2 N–H and O–H groups in total. The molecule has 0 radical (unpaired) electrons. The van der Waals surface area contributed by atoms with Crippen LogP contribution < -0.4 is 10.6 Å². The molecule has 1 aliphatic rings. The highest BCUT2D eigenvalue weighted by molar-refractivity contribution is 7.80. The van der Waals surface area contributed by atoms with E-state index in [0.717, 1.165) is 23.9 Å². The van der Waals surface area contributed by atoms with E-state index in [1.54, 1.807) is 12.1 Å². The van der Waals surface area contributed by atoms with Crippen LogP contribution >= 0.6 is 12.2 Å². The third-order valence-electron chi connectivity index (χ3n) is 4.10. The lowest BCUT2D eigenvalue weighted by molar-refractivity contribution is 0.0950. The highest BCUT2D eigenvalue weighted by Crippen LogP contribution is 2.34. The number of amides is 1. The van der Waals surface area contributed by atoms with Crippen LogP contribution in [-0.2, 0) is 12.8 Å². The number of carbonyl (C=O) groups is 1. The summed E-state index contributed by atoms with van der Waals surface area (Å²) in [6.45, 7) is 0. The highest BCUT2D eigenvalue weighted by atomic mass is 32.1. The molecule has 1 aliphatic carbocycles.